The van der Waals surface area contributed by atoms with Crippen LogP contribution >= 0.6 is 0 Å². The summed E-state index contributed by atoms with van der Waals surface area (Å²) in [6, 6.07) is 2.02. The molecule has 0 unspecified atom stereocenters. The van der Waals surface area contributed by atoms with Crippen LogP contribution in [0, 0.1) is 5.92 Å². The number of nitrogens with zero attached hydrogens (tertiary/aromatic N) is 2. The normalized spacial score (nSPS) is 11.8. The summed E-state index contributed by atoms with van der Waals surface area (Å²) < 4.78 is 2.05. The minimum atomic E-state index is 0.553. The number of aromatic nitrogens is 2. The summed E-state index contributed by atoms with van der Waals surface area (Å²) >= 11 is 0. The summed E-state index contributed by atoms with van der Waals surface area (Å²) in [6.45, 7) is 24.9. The van der Waals surface area contributed by atoms with E-state index >= 15 is 0 Å². The number of allylic oxidation sites excluding steroid dienone is 1. The lowest BCUT2D eigenvalue weighted by Gasteiger charge is -2.21. The molecular formula is C22H47N3. The van der Waals surface area contributed by atoms with Crippen molar-refractivity contribution in [3.05, 3.63) is 43.8 Å². The zero-order chi connectivity index (χ0) is 20.5. The predicted molar refractivity (Wildman–Crippen MR) is 118 cm³/mol. The van der Waals surface area contributed by atoms with Crippen molar-refractivity contribution in [1.82, 2.24) is 9.78 Å². The van der Waals surface area contributed by atoms with Gasteiger partial charge in [0.05, 0.1) is 5.69 Å². The maximum atomic E-state index is 5.52. The fraction of sp³-hybridized carbons (Fsp3) is 0.682. The van der Waals surface area contributed by atoms with Crippen LogP contribution in [0.4, 0.5) is 0 Å². The first-order valence-corrected chi connectivity index (χ1v) is 10.1. The maximum absolute atomic E-state index is 5.52. The van der Waals surface area contributed by atoms with Gasteiger partial charge in [-0.05, 0) is 31.7 Å². The lowest BCUT2D eigenvalue weighted by molar-refractivity contribution is 0.307. The summed E-state index contributed by atoms with van der Waals surface area (Å²) in [5.41, 5.74) is 6.52. The second-order valence-corrected chi connectivity index (χ2v) is 4.65. The van der Waals surface area contributed by atoms with E-state index in [0.717, 1.165) is 18.2 Å². The molecule has 0 saturated heterocycles. The molecule has 0 aromatic carbocycles. The average molecular weight is 354 g/mol. The predicted octanol–water partition coefficient (Wildman–Crippen LogP) is 7.00. The summed E-state index contributed by atoms with van der Waals surface area (Å²) in [4.78, 5) is 0. The number of hydrogen-bond acceptors (Lipinski definition) is 2. The highest BCUT2D eigenvalue weighted by Crippen LogP contribution is 2.24. The molecule has 1 fully saturated rings. The topological polar surface area (TPSA) is 43.8 Å². The van der Waals surface area contributed by atoms with Crippen LogP contribution in [0.2, 0.25) is 0 Å². The van der Waals surface area contributed by atoms with Gasteiger partial charge in [-0.15, -0.1) is 19.7 Å². The Morgan fingerprint density at radius 3 is 1.88 bits per heavy atom. The van der Waals surface area contributed by atoms with E-state index in [-0.39, 0.29) is 0 Å². The van der Waals surface area contributed by atoms with Gasteiger partial charge in [0, 0.05) is 19.3 Å². The lowest BCUT2D eigenvalue weighted by atomic mass is 9.89. The van der Waals surface area contributed by atoms with E-state index in [1.54, 1.807) is 6.08 Å². The molecule has 1 aliphatic rings. The Morgan fingerprint density at radius 1 is 1.08 bits per heavy atom. The van der Waals surface area contributed by atoms with Crippen LogP contribution in [-0.4, -0.2) is 9.78 Å². The Bertz CT molecular complexity index is 326. The average Bonchev–Trinajstić information content (AvgIpc) is 3.17. The van der Waals surface area contributed by atoms with Gasteiger partial charge in [0.2, 0.25) is 0 Å². The highest BCUT2D eigenvalue weighted by atomic mass is 15.3. The van der Waals surface area contributed by atoms with E-state index in [2.05, 4.69) is 35.7 Å². The zero-order valence-electron chi connectivity index (χ0n) is 18.4. The first kappa shape index (κ1) is 31.4. The molecule has 2 rings (SSSR count). The van der Waals surface area contributed by atoms with Crippen molar-refractivity contribution >= 4 is 0 Å². The van der Waals surface area contributed by atoms with E-state index in [1.165, 1.54) is 32.1 Å². The number of hydrogen-bond donors (Lipinski definition) is 1. The molecule has 2 N–H and O–H groups in total. The van der Waals surface area contributed by atoms with Gasteiger partial charge >= 0.3 is 0 Å². The summed E-state index contributed by atoms with van der Waals surface area (Å²) in [5.74, 6) is 0.842. The van der Waals surface area contributed by atoms with Gasteiger partial charge < -0.3 is 5.73 Å². The first-order valence-electron chi connectivity index (χ1n) is 10.1. The minimum Gasteiger partial charge on any atom is -0.325 e. The second kappa shape index (κ2) is 30.5. The highest BCUT2D eigenvalue weighted by molar-refractivity contribution is 4.97. The van der Waals surface area contributed by atoms with Crippen molar-refractivity contribution in [2.24, 2.45) is 11.7 Å². The third-order valence-corrected chi connectivity index (χ3v) is 3.08. The SMILES string of the molecule is C=C.C=CC.CC.CC.CC.NCc1ccn(CC2CCCCC2)n1. The highest BCUT2D eigenvalue weighted by Gasteiger charge is 2.13. The van der Waals surface area contributed by atoms with Crippen molar-refractivity contribution in [3.8, 4) is 0 Å². The molecule has 0 radical (unpaired) electrons. The van der Waals surface area contributed by atoms with Gasteiger partial charge in [0.15, 0.2) is 0 Å². The molecule has 0 bridgehead atoms. The van der Waals surface area contributed by atoms with E-state index < -0.39 is 0 Å². The molecule has 0 aliphatic heterocycles. The lowest BCUT2D eigenvalue weighted by Crippen LogP contribution is -2.14. The smallest absolute Gasteiger partial charge is 0.0760 e. The molecule has 25 heavy (non-hydrogen) atoms. The molecule has 150 valence electrons. The number of rotatable bonds is 3. The third kappa shape index (κ3) is 20.6. The Morgan fingerprint density at radius 2 is 1.52 bits per heavy atom. The van der Waals surface area contributed by atoms with Crippen molar-refractivity contribution in [1.29, 1.82) is 0 Å². The molecule has 0 spiro atoms. The van der Waals surface area contributed by atoms with Crippen LogP contribution in [0.15, 0.2) is 38.1 Å². The van der Waals surface area contributed by atoms with Crippen molar-refractivity contribution in [2.75, 3.05) is 0 Å². The van der Waals surface area contributed by atoms with E-state index in [4.69, 9.17) is 5.73 Å². The van der Waals surface area contributed by atoms with Crippen LogP contribution in [-0.2, 0) is 13.1 Å². The monoisotopic (exact) mass is 353 g/mol. The molecule has 1 heterocycles. The Hall–Kier alpha value is -1.35. The molecule has 0 amide bonds. The van der Waals surface area contributed by atoms with Crippen LogP contribution in [0.3, 0.4) is 0 Å². The Kier molecular flexibility index (Phi) is 38.4. The summed E-state index contributed by atoms with van der Waals surface area (Å²) in [7, 11) is 0. The quantitative estimate of drug-likeness (QED) is 0.595. The van der Waals surface area contributed by atoms with E-state index in [1.807, 2.05) is 54.5 Å². The van der Waals surface area contributed by atoms with Crippen molar-refractivity contribution < 1.29 is 0 Å². The van der Waals surface area contributed by atoms with Crippen LogP contribution in [0.5, 0.6) is 0 Å². The molecule has 1 saturated carbocycles. The molecule has 1 aromatic rings. The van der Waals surface area contributed by atoms with Gasteiger partial charge in [0.1, 0.15) is 0 Å². The second-order valence-electron chi connectivity index (χ2n) is 4.65. The van der Waals surface area contributed by atoms with E-state index in [0.29, 0.717) is 6.54 Å². The fourth-order valence-corrected chi connectivity index (χ4v) is 2.25. The summed E-state index contributed by atoms with van der Waals surface area (Å²) in [5, 5.41) is 4.41. The zero-order valence-corrected chi connectivity index (χ0v) is 18.4. The largest absolute Gasteiger partial charge is 0.325 e. The van der Waals surface area contributed by atoms with Gasteiger partial charge in [-0.1, -0.05) is 66.9 Å². The fourth-order valence-electron chi connectivity index (χ4n) is 2.25. The van der Waals surface area contributed by atoms with Crippen molar-refractivity contribution in [2.45, 2.75) is 93.7 Å². The standard InChI is InChI=1S/C11H19N3.C3H6.3C2H6.C2H4/c12-8-11-6-7-14(13-11)9-10-4-2-1-3-5-10;1-3-2;4*1-2/h6-7,10H,1-5,8-9,12H2;3H,1H2,2H3;3*1-2H3;1-2H2. The Balaban J connectivity index is -0.000000171. The molecule has 3 nitrogen and oxygen atoms in total. The van der Waals surface area contributed by atoms with E-state index in [9.17, 15) is 0 Å². The Labute approximate surface area is 159 Å². The maximum Gasteiger partial charge on any atom is 0.0760 e. The third-order valence-electron chi connectivity index (χ3n) is 3.08. The van der Waals surface area contributed by atoms with Crippen LogP contribution in [0.25, 0.3) is 0 Å². The minimum absolute atomic E-state index is 0.553. The van der Waals surface area contributed by atoms with Gasteiger partial charge in [0.25, 0.3) is 0 Å². The molecule has 3 heteroatoms. The molecule has 1 aliphatic carbocycles. The molecule has 1 aromatic heterocycles. The van der Waals surface area contributed by atoms with Crippen LogP contribution in [0.1, 0.15) is 86.3 Å². The van der Waals surface area contributed by atoms with Gasteiger partial charge in [-0.25, -0.2) is 0 Å². The number of nitrogens with two attached hydrogens (primary N) is 1. The summed E-state index contributed by atoms with van der Waals surface area (Å²) in [6.07, 6.45) is 10.8. The molecular weight excluding hydrogens is 306 g/mol. The first-order chi connectivity index (χ1) is 12.3. The molecule has 0 atom stereocenters. The van der Waals surface area contributed by atoms with Gasteiger partial charge in [-0.3, -0.25) is 4.68 Å². The van der Waals surface area contributed by atoms with Crippen molar-refractivity contribution in [3.63, 3.8) is 0 Å². The van der Waals surface area contributed by atoms with Gasteiger partial charge in [-0.2, -0.15) is 5.10 Å². The van der Waals surface area contributed by atoms with Crippen LogP contribution < -0.4 is 5.73 Å².